The highest BCUT2D eigenvalue weighted by atomic mass is 19.3. The topological polar surface area (TPSA) is 76.4 Å². The molecule has 3 aromatic rings. The Balaban J connectivity index is 1.29. The molecule has 1 saturated carbocycles. The highest BCUT2D eigenvalue weighted by molar-refractivity contribution is 6.02. The summed E-state index contributed by atoms with van der Waals surface area (Å²) in [4.78, 5) is 17.7. The van der Waals surface area contributed by atoms with Gasteiger partial charge in [0.05, 0.1) is 6.26 Å². The first-order valence-corrected chi connectivity index (χ1v) is 14.1. The lowest BCUT2D eigenvalue weighted by atomic mass is 10.0. The van der Waals surface area contributed by atoms with Crippen LogP contribution < -0.4 is 19.5 Å². The number of likely N-dealkylation sites (tertiary alicyclic amines) is 2. The second kappa shape index (κ2) is 11.6. The number of amides is 1. The smallest absolute Gasteiger partial charge is 0.387 e. The molecule has 0 bridgehead atoms. The van der Waals surface area contributed by atoms with Crippen molar-refractivity contribution >= 4 is 16.9 Å². The summed E-state index contributed by atoms with van der Waals surface area (Å²) in [5.74, 6) is 0.214. The van der Waals surface area contributed by atoms with Crippen molar-refractivity contribution in [2.75, 3.05) is 46.4 Å². The van der Waals surface area contributed by atoms with Gasteiger partial charge >= 0.3 is 6.61 Å². The minimum absolute atomic E-state index is 0.0144. The van der Waals surface area contributed by atoms with Gasteiger partial charge in [-0.2, -0.15) is 8.78 Å². The van der Waals surface area contributed by atoms with Crippen LogP contribution >= 0.6 is 0 Å². The van der Waals surface area contributed by atoms with Crippen molar-refractivity contribution in [1.82, 2.24) is 15.1 Å². The Labute approximate surface area is 232 Å². The lowest BCUT2D eigenvalue weighted by Crippen LogP contribution is -2.48. The normalized spacial score (nSPS) is 19.6. The fourth-order valence-electron chi connectivity index (χ4n) is 5.34. The maximum Gasteiger partial charge on any atom is 0.387 e. The van der Waals surface area contributed by atoms with Crippen LogP contribution in [0.25, 0.3) is 22.1 Å². The van der Waals surface area contributed by atoms with E-state index in [9.17, 15) is 13.6 Å². The number of carbonyl (C=O) groups excluding carboxylic acids is 1. The number of hydrogen-bond donors (Lipinski definition) is 1. The van der Waals surface area contributed by atoms with Gasteiger partial charge in [-0.3, -0.25) is 14.6 Å². The standard InChI is InChI=1S/C30H35F2N3O5/c1-34-11-8-21(34)17-38-26-14-19(15-27(40-30(31)32)28(26)29(36)33-20-4-5-20)24-18-39-25-16-22(6-7-23(24)25)37-13-12-35-9-2-3-10-35/h6-7,14-16,18,20-21,30H,2-5,8-13,17H2,1H3,(H,33,36)/t21-/m0/s1. The average molecular weight is 556 g/mol. The van der Waals surface area contributed by atoms with Gasteiger partial charge in [0.2, 0.25) is 0 Å². The summed E-state index contributed by atoms with van der Waals surface area (Å²) < 4.78 is 49.9. The number of ether oxygens (including phenoxy) is 3. The van der Waals surface area contributed by atoms with Crippen molar-refractivity contribution < 1.29 is 32.2 Å². The predicted molar refractivity (Wildman–Crippen MR) is 146 cm³/mol. The maximum absolute atomic E-state index is 13.5. The SMILES string of the molecule is CN1CC[C@H]1COc1cc(-c2coc3cc(OCCN4CCCC4)ccc23)cc(OC(F)F)c1C(=O)NC1CC1. The van der Waals surface area contributed by atoms with Crippen LogP contribution in [0, 0.1) is 0 Å². The zero-order valence-corrected chi connectivity index (χ0v) is 22.7. The zero-order chi connectivity index (χ0) is 27.6. The number of furan rings is 1. The Morgan fingerprint density at radius 2 is 1.88 bits per heavy atom. The first-order chi connectivity index (χ1) is 19.4. The molecule has 40 heavy (non-hydrogen) atoms. The molecule has 3 fully saturated rings. The molecule has 3 heterocycles. The molecule has 2 saturated heterocycles. The van der Waals surface area contributed by atoms with Gasteiger partial charge in [0.25, 0.3) is 5.91 Å². The summed E-state index contributed by atoms with van der Waals surface area (Å²) in [5.41, 5.74) is 1.83. The van der Waals surface area contributed by atoms with Crippen molar-refractivity contribution in [2.45, 2.75) is 50.8 Å². The molecular formula is C30H35F2N3O5. The van der Waals surface area contributed by atoms with Crippen molar-refractivity contribution in [2.24, 2.45) is 0 Å². The number of alkyl halides is 2. The molecule has 8 nitrogen and oxygen atoms in total. The van der Waals surface area contributed by atoms with E-state index in [0.717, 1.165) is 50.8 Å². The number of likely N-dealkylation sites (N-methyl/N-ethyl adjacent to an activating group) is 1. The molecule has 1 aliphatic carbocycles. The van der Waals surface area contributed by atoms with E-state index in [1.165, 1.54) is 18.9 Å². The number of nitrogens with zero attached hydrogens (tertiary/aromatic N) is 2. The summed E-state index contributed by atoms with van der Waals surface area (Å²) in [6.07, 6.45) is 6.75. The monoisotopic (exact) mass is 555 g/mol. The van der Waals surface area contributed by atoms with Crippen LogP contribution in [0.2, 0.25) is 0 Å². The van der Waals surface area contributed by atoms with Crippen LogP contribution in [0.4, 0.5) is 8.78 Å². The van der Waals surface area contributed by atoms with E-state index in [1.54, 1.807) is 12.3 Å². The molecule has 2 aliphatic heterocycles. The molecule has 0 unspecified atom stereocenters. The molecule has 6 rings (SSSR count). The molecule has 0 spiro atoms. The Morgan fingerprint density at radius 1 is 1.07 bits per heavy atom. The third-order valence-corrected chi connectivity index (χ3v) is 8.02. The van der Waals surface area contributed by atoms with E-state index < -0.39 is 12.5 Å². The van der Waals surface area contributed by atoms with Crippen LogP contribution in [0.1, 0.15) is 42.5 Å². The number of halogens is 2. The highest BCUT2D eigenvalue weighted by Crippen LogP contribution is 2.40. The summed E-state index contributed by atoms with van der Waals surface area (Å²) >= 11 is 0. The molecular weight excluding hydrogens is 520 g/mol. The van der Waals surface area contributed by atoms with Gasteiger partial charge in [0.1, 0.15) is 41.6 Å². The predicted octanol–water partition coefficient (Wildman–Crippen LogP) is 5.15. The van der Waals surface area contributed by atoms with Gasteiger partial charge in [-0.1, -0.05) is 0 Å². The Kier molecular flexibility index (Phi) is 7.80. The number of rotatable bonds is 12. The van der Waals surface area contributed by atoms with Gasteiger partial charge < -0.3 is 23.9 Å². The third kappa shape index (κ3) is 6.02. The largest absolute Gasteiger partial charge is 0.492 e. The summed E-state index contributed by atoms with van der Waals surface area (Å²) in [5, 5.41) is 3.67. The minimum Gasteiger partial charge on any atom is -0.492 e. The quantitative estimate of drug-likeness (QED) is 0.331. The van der Waals surface area contributed by atoms with Gasteiger partial charge in [-0.05, 0) is 88.6 Å². The van der Waals surface area contributed by atoms with Crippen molar-refractivity contribution in [3.63, 3.8) is 0 Å². The van der Waals surface area contributed by atoms with E-state index in [2.05, 4.69) is 15.1 Å². The molecule has 10 heteroatoms. The minimum atomic E-state index is -3.10. The number of fused-ring (bicyclic) bond motifs is 1. The number of benzene rings is 2. The maximum atomic E-state index is 13.5. The van der Waals surface area contributed by atoms with E-state index in [4.69, 9.17) is 18.6 Å². The average Bonchev–Trinajstić information content (AvgIpc) is 3.40. The molecule has 2 aromatic carbocycles. The van der Waals surface area contributed by atoms with Gasteiger partial charge in [0, 0.05) is 35.6 Å². The Bertz CT molecular complexity index is 1350. The van der Waals surface area contributed by atoms with Crippen LogP contribution in [-0.4, -0.2) is 80.8 Å². The van der Waals surface area contributed by atoms with Crippen LogP contribution in [0.15, 0.2) is 41.0 Å². The number of nitrogens with one attached hydrogen (secondary N) is 1. The lowest BCUT2D eigenvalue weighted by Gasteiger charge is -2.37. The first kappa shape index (κ1) is 26.8. The number of carbonyl (C=O) groups is 1. The second-order valence-corrected chi connectivity index (χ2v) is 10.9. The third-order valence-electron chi connectivity index (χ3n) is 8.02. The van der Waals surface area contributed by atoms with Gasteiger partial charge in [0.15, 0.2) is 0 Å². The van der Waals surface area contributed by atoms with Crippen molar-refractivity contribution in [3.05, 3.63) is 42.2 Å². The van der Waals surface area contributed by atoms with Crippen LogP contribution in [0.5, 0.6) is 17.2 Å². The zero-order valence-electron chi connectivity index (χ0n) is 22.7. The molecule has 1 N–H and O–H groups in total. The van der Waals surface area contributed by atoms with E-state index in [1.807, 2.05) is 25.2 Å². The Hall–Kier alpha value is -3.37. The highest BCUT2D eigenvalue weighted by Gasteiger charge is 2.31. The lowest BCUT2D eigenvalue weighted by molar-refractivity contribution is -0.0502. The Morgan fingerprint density at radius 3 is 2.58 bits per heavy atom. The molecule has 1 aromatic heterocycles. The molecule has 1 atom stereocenters. The fourth-order valence-corrected chi connectivity index (χ4v) is 5.34. The molecule has 214 valence electrons. The first-order valence-electron chi connectivity index (χ1n) is 14.1. The van der Waals surface area contributed by atoms with Crippen molar-refractivity contribution in [3.8, 4) is 28.4 Å². The van der Waals surface area contributed by atoms with Crippen LogP contribution in [-0.2, 0) is 0 Å². The van der Waals surface area contributed by atoms with E-state index in [-0.39, 0.29) is 29.1 Å². The summed E-state index contributed by atoms with van der Waals surface area (Å²) in [6.45, 7) is 1.91. The van der Waals surface area contributed by atoms with E-state index in [0.29, 0.717) is 35.7 Å². The molecule has 0 radical (unpaired) electrons. The van der Waals surface area contributed by atoms with Crippen LogP contribution in [0.3, 0.4) is 0 Å². The second-order valence-electron chi connectivity index (χ2n) is 10.9. The molecule has 3 aliphatic rings. The van der Waals surface area contributed by atoms with E-state index >= 15 is 0 Å². The van der Waals surface area contributed by atoms with Crippen molar-refractivity contribution in [1.29, 1.82) is 0 Å². The fraction of sp³-hybridized carbons (Fsp3) is 0.500. The number of hydrogen-bond acceptors (Lipinski definition) is 7. The summed E-state index contributed by atoms with van der Waals surface area (Å²) in [6, 6.07) is 9.02. The van der Waals surface area contributed by atoms with Gasteiger partial charge in [-0.15, -0.1) is 0 Å². The summed E-state index contributed by atoms with van der Waals surface area (Å²) in [7, 11) is 2.00. The molecule has 1 amide bonds. The van der Waals surface area contributed by atoms with Gasteiger partial charge in [-0.25, -0.2) is 0 Å².